The molecule has 2 unspecified atom stereocenters. The number of nitrogens with one attached hydrogen (secondary N) is 1. The first kappa shape index (κ1) is 16.4. The van der Waals surface area contributed by atoms with Gasteiger partial charge in [0.05, 0.1) is 0 Å². The second kappa shape index (κ2) is 7.84. The van der Waals surface area contributed by atoms with Crippen molar-refractivity contribution in [3.63, 3.8) is 0 Å². The van der Waals surface area contributed by atoms with E-state index in [0.717, 1.165) is 5.56 Å². The lowest BCUT2D eigenvalue weighted by atomic mass is 10.1. The topological polar surface area (TPSA) is 91.9 Å². The highest BCUT2D eigenvalue weighted by Gasteiger charge is 2.22. The molecular weight excluding hydrogens is 310 g/mol. The van der Waals surface area contributed by atoms with Crippen molar-refractivity contribution in [3.05, 3.63) is 59.0 Å². The van der Waals surface area contributed by atoms with E-state index < -0.39 is 18.3 Å². The molecule has 1 aromatic carbocycles. The van der Waals surface area contributed by atoms with Crippen molar-refractivity contribution in [2.75, 3.05) is 6.54 Å². The van der Waals surface area contributed by atoms with Crippen molar-refractivity contribution in [1.29, 1.82) is 0 Å². The molecule has 7 heteroatoms. The molecule has 1 aromatic heterocycles. The molecule has 0 radical (unpaired) electrons. The van der Waals surface area contributed by atoms with E-state index in [4.69, 9.17) is 20.8 Å². The lowest BCUT2D eigenvalue weighted by molar-refractivity contribution is 0.00602. The highest BCUT2D eigenvalue weighted by atomic mass is 35.5. The number of aliphatic hydroxyl groups excluding tert-OH is 2. The van der Waals surface area contributed by atoms with E-state index in [1.54, 1.807) is 0 Å². The Labute approximate surface area is 132 Å². The van der Waals surface area contributed by atoms with E-state index in [1.807, 2.05) is 30.3 Å². The summed E-state index contributed by atoms with van der Waals surface area (Å²) in [4.78, 5) is 11.5. The summed E-state index contributed by atoms with van der Waals surface area (Å²) in [6, 6.07) is 12.1. The van der Waals surface area contributed by atoms with E-state index >= 15 is 0 Å². The Morgan fingerprint density at radius 2 is 1.95 bits per heavy atom. The minimum atomic E-state index is -1.29. The van der Waals surface area contributed by atoms with Gasteiger partial charge in [-0.25, -0.2) is 4.79 Å². The van der Waals surface area contributed by atoms with Crippen LogP contribution in [0.5, 0.6) is 0 Å². The van der Waals surface area contributed by atoms with Crippen molar-refractivity contribution in [2.24, 2.45) is 0 Å². The van der Waals surface area contributed by atoms with Crippen molar-refractivity contribution in [1.82, 2.24) is 5.32 Å². The second-order valence-corrected chi connectivity index (χ2v) is 4.97. The van der Waals surface area contributed by atoms with Gasteiger partial charge in [0.1, 0.15) is 24.6 Å². The molecule has 0 bridgehead atoms. The highest BCUT2D eigenvalue weighted by Crippen LogP contribution is 2.22. The van der Waals surface area contributed by atoms with Crippen molar-refractivity contribution >= 4 is 17.7 Å². The first-order chi connectivity index (χ1) is 10.6. The second-order valence-electron chi connectivity index (χ2n) is 4.60. The molecule has 2 atom stereocenters. The van der Waals surface area contributed by atoms with Crippen LogP contribution in [0.4, 0.5) is 4.79 Å². The summed E-state index contributed by atoms with van der Waals surface area (Å²) >= 11 is 5.59. The number of benzene rings is 1. The minimum Gasteiger partial charge on any atom is -0.447 e. The number of ether oxygens (including phenoxy) is 1. The largest absolute Gasteiger partial charge is 0.447 e. The number of rotatable bonds is 6. The maximum atomic E-state index is 11.5. The van der Waals surface area contributed by atoms with Gasteiger partial charge in [0.2, 0.25) is 0 Å². The first-order valence-electron chi connectivity index (χ1n) is 6.62. The molecule has 0 aliphatic heterocycles. The first-order valence-corrected chi connectivity index (χ1v) is 7.00. The maximum absolute atomic E-state index is 11.5. The Morgan fingerprint density at radius 3 is 2.59 bits per heavy atom. The monoisotopic (exact) mass is 325 g/mol. The summed E-state index contributed by atoms with van der Waals surface area (Å²) in [5.74, 6) is 0.122. The number of alkyl carbamates (subject to hydrolysis) is 1. The average Bonchev–Trinajstić information content (AvgIpc) is 2.97. The number of amides is 1. The van der Waals surface area contributed by atoms with Crippen LogP contribution in [-0.4, -0.2) is 29.0 Å². The standard InChI is InChI=1S/C15H16ClNO5/c16-13-7-6-12(22-13)14(19)11(18)8-17-15(20)21-9-10-4-2-1-3-5-10/h1-7,11,14,18-19H,8-9H2,(H,17,20). The number of aliphatic hydroxyl groups is 2. The molecule has 0 fully saturated rings. The van der Waals surface area contributed by atoms with Crippen LogP contribution in [0.1, 0.15) is 17.4 Å². The third kappa shape index (κ3) is 4.77. The fourth-order valence-electron chi connectivity index (χ4n) is 1.75. The Morgan fingerprint density at radius 1 is 1.23 bits per heavy atom. The van der Waals surface area contributed by atoms with Gasteiger partial charge in [-0.3, -0.25) is 0 Å². The Bertz CT molecular complexity index is 601. The molecule has 0 aliphatic rings. The third-order valence-electron chi connectivity index (χ3n) is 2.92. The maximum Gasteiger partial charge on any atom is 0.407 e. The molecule has 6 nitrogen and oxygen atoms in total. The molecule has 0 saturated heterocycles. The van der Waals surface area contributed by atoms with Gasteiger partial charge in [0.15, 0.2) is 5.22 Å². The predicted octanol–water partition coefficient (Wildman–Crippen LogP) is 2.25. The predicted molar refractivity (Wildman–Crippen MR) is 79.3 cm³/mol. The fourth-order valence-corrected chi connectivity index (χ4v) is 1.90. The zero-order valence-corrected chi connectivity index (χ0v) is 12.4. The molecule has 22 heavy (non-hydrogen) atoms. The van der Waals surface area contributed by atoms with Crippen LogP contribution in [0.25, 0.3) is 0 Å². The Hall–Kier alpha value is -2.02. The van der Waals surface area contributed by atoms with Gasteiger partial charge in [-0.2, -0.15) is 0 Å². The van der Waals surface area contributed by atoms with E-state index in [9.17, 15) is 15.0 Å². The summed E-state index contributed by atoms with van der Waals surface area (Å²) in [5.41, 5.74) is 0.850. The highest BCUT2D eigenvalue weighted by molar-refractivity contribution is 6.28. The van der Waals surface area contributed by atoms with Gasteiger partial charge >= 0.3 is 6.09 Å². The van der Waals surface area contributed by atoms with Crippen LogP contribution in [-0.2, 0) is 11.3 Å². The van der Waals surface area contributed by atoms with Crippen molar-refractivity contribution in [2.45, 2.75) is 18.8 Å². The lowest BCUT2D eigenvalue weighted by Gasteiger charge is -2.16. The van der Waals surface area contributed by atoms with Crippen LogP contribution in [0.15, 0.2) is 46.9 Å². The molecule has 0 spiro atoms. The number of furan rings is 1. The molecule has 0 saturated carbocycles. The zero-order valence-electron chi connectivity index (χ0n) is 11.6. The molecule has 3 N–H and O–H groups in total. The number of hydrogen-bond donors (Lipinski definition) is 3. The van der Waals surface area contributed by atoms with Gasteiger partial charge in [-0.1, -0.05) is 30.3 Å². The SMILES string of the molecule is O=C(NCC(O)C(O)c1ccc(Cl)o1)OCc1ccccc1. The number of hydrogen-bond acceptors (Lipinski definition) is 5. The number of carbonyl (C=O) groups is 1. The molecule has 2 aromatic rings. The molecule has 0 aliphatic carbocycles. The van der Waals surface area contributed by atoms with Crippen LogP contribution in [0, 0.1) is 0 Å². The van der Waals surface area contributed by atoms with Gasteiger partial charge in [-0.05, 0) is 29.3 Å². The summed E-state index contributed by atoms with van der Waals surface area (Å²) in [5, 5.41) is 22.1. The summed E-state index contributed by atoms with van der Waals surface area (Å²) in [7, 11) is 0. The van der Waals surface area contributed by atoms with Gasteiger partial charge < -0.3 is 24.7 Å². The van der Waals surface area contributed by atoms with Crippen molar-refractivity contribution < 1.29 is 24.2 Å². The van der Waals surface area contributed by atoms with Crippen LogP contribution >= 0.6 is 11.6 Å². The molecular formula is C15H16ClNO5. The third-order valence-corrected chi connectivity index (χ3v) is 3.12. The molecule has 1 heterocycles. The summed E-state index contributed by atoms with van der Waals surface area (Å²) < 4.78 is 9.97. The molecule has 118 valence electrons. The van der Waals surface area contributed by atoms with Crippen LogP contribution in [0.2, 0.25) is 5.22 Å². The van der Waals surface area contributed by atoms with Gasteiger partial charge in [-0.15, -0.1) is 0 Å². The molecule has 2 rings (SSSR count). The smallest absolute Gasteiger partial charge is 0.407 e. The quantitative estimate of drug-likeness (QED) is 0.757. The van der Waals surface area contributed by atoms with Crippen molar-refractivity contribution in [3.8, 4) is 0 Å². The van der Waals surface area contributed by atoms with E-state index in [-0.39, 0.29) is 24.1 Å². The molecule has 1 amide bonds. The van der Waals surface area contributed by atoms with Crippen LogP contribution in [0.3, 0.4) is 0 Å². The lowest BCUT2D eigenvalue weighted by Crippen LogP contribution is -2.35. The number of halogens is 1. The summed E-state index contributed by atoms with van der Waals surface area (Å²) in [6.07, 6.45) is -3.22. The van der Waals surface area contributed by atoms with Gasteiger partial charge in [0.25, 0.3) is 0 Å². The van der Waals surface area contributed by atoms with Crippen LogP contribution < -0.4 is 5.32 Å². The van der Waals surface area contributed by atoms with E-state index in [0.29, 0.717) is 0 Å². The average molecular weight is 326 g/mol. The van der Waals surface area contributed by atoms with Gasteiger partial charge in [0, 0.05) is 6.54 Å². The van der Waals surface area contributed by atoms with E-state index in [1.165, 1.54) is 12.1 Å². The number of carbonyl (C=O) groups excluding carboxylic acids is 1. The zero-order chi connectivity index (χ0) is 15.9. The Balaban J connectivity index is 1.73. The van der Waals surface area contributed by atoms with E-state index in [2.05, 4.69) is 5.32 Å². The summed E-state index contributed by atoms with van der Waals surface area (Å²) in [6.45, 7) is -0.0633. The minimum absolute atomic E-state index is 0.108. The fraction of sp³-hybridized carbons (Fsp3) is 0.267. The normalized spacial score (nSPS) is 13.4. The Kier molecular flexibility index (Phi) is 5.83.